The van der Waals surface area contributed by atoms with Crippen molar-refractivity contribution in [3.63, 3.8) is 0 Å². The van der Waals surface area contributed by atoms with Crippen molar-refractivity contribution in [1.82, 2.24) is 0 Å². The van der Waals surface area contributed by atoms with E-state index in [1.165, 1.54) is 0 Å². The van der Waals surface area contributed by atoms with E-state index in [0.29, 0.717) is 6.61 Å². The molecule has 0 aromatic heterocycles. The smallest absolute Gasteiger partial charge is 0.148 e. The van der Waals surface area contributed by atoms with Crippen molar-refractivity contribution in [2.45, 2.75) is 6.92 Å². The molecule has 0 aliphatic carbocycles. The zero-order valence-electron chi connectivity index (χ0n) is 3.02. The van der Waals surface area contributed by atoms with E-state index in [1.807, 2.05) is 0 Å². The summed E-state index contributed by atoms with van der Waals surface area (Å²) in [6.45, 7) is 2.34. The summed E-state index contributed by atoms with van der Waals surface area (Å²) in [5, 5.41) is 0. The lowest BCUT2D eigenvalue weighted by Gasteiger charge is -1.62. The molecule has 0 spiro atoms. The van der Waals surface area contributed by atoms with Crippen LogP contribution < -0.4 is 0 Å². The third-order valence-corrected chi connectivity index (χ3v) is 0.610. The fraction of sp³-hybridized carbons (Fsp3) is 1.00. The number of hydrogen-bond donors (Lipinski definition) is 0. The first-order valence-electron chi connectivity index (χ1n) is 1.40. The third-order valence-electron chi connectivity index (χ3n) is 0.203. The van der Waals surface area contributed by atoms with Crippen LogP contribution in [0.2, 0.25) is 0 Å². The fourth-order valence-corrected chi connectivity index (χ4v) is 0.177. The Kier molecular flexibility index (Phi) is 14.9. The molecule has 6 heavy (non-hydrogen) atoms. The molecule has 4 heteroatoms. The molecule has 0 fully saturated rings. The molecular weight excluding hydrogens is 114 g/mol. The van der Waals surface area contributed by atoms with Gasteiger partial charge < -0.3 is 0 Å². The first-order valence-corrected chi connectivity index (χ1v) is 2.22. The van der Waals surface area contributed by atoms with Crippen molar-refractivity contribution < 1.29 is 9.09 Å². The summed E-state index contributed by atoms with van der Waals surface area (Å²) in [4.78, 5) is 0. The molecule has 0 saturated heterocycles. The maximum atomic E-state index is 9.34. The first-order chi connectivity index (χ1) is 2.41. The van der Waals surface area contributed by atoms with E-state index in [4.69, 9.17) is 0 Å². The van der Waals surface area contributed by atoms with Crippen LogP contribution in [0.5, 0.6) is 0 Å². The molecule has 0 heterocycles. The molecule has 0 bridgehead atoms. The van der Waals surface area contributed by atoms with Crippen LogP contribution in [-0.4, -0.2) is 24.0 Å². The number of rotatable bonds is 2. The maximum Gasteiger partial charge on any atom is 0.494 e. The van der Waals surface area contributed by atoms with Crippen LogP contribution in [0.1, 0.15) is 6.92 Å². The zero-order valence-corrected chi connectivity index (χ0v) is 4.02. The predicted octanol–water partition coefficient (Wildman–Crippen LogP) is -0.222. The van der Waals surface area contributed by atoms with Gasteiger partial charge in [0.2, 0.25) is 0 Å². The highest BCUT2D eigenvalue weighted by molar-refractivity contribution is 7.17. The highest BCUT2D eigenvalue weighted by Crippen LogP contribution is 1.89. The molecule has 0 saturated carbocycles. The molecule has 0 radical (unpaired) electrons. The van der Waals surface area contributed by atoms with Gasteiger partial charge >= 0.3 is 8.69 Å². The average molecular weight is 123 g/mol. The summed E-state index contributed by atoms with van der Waals surface area (Å²) >= 11 is 0. The van der Waals surface area contributed by atoms with Gasteiger partial charge in [-0.15, -0.1) is 4.52 Å². The molecule has 0 aromatic carbocycles. The number of hydrogen-bond acceptors (Lipinski definition) is 2. The second-order valence-electron chi connectivity index (χ2n) is 0.516. The normalized spacial score (nSPS) is 7.50. The molecule has 0 rings (SSSR count). The molecule has 0 aliphatic heterocycles. The Morgan fingerprint density at radius 3 is 2.33 bits per heavy atom. The molecule has 0 aliphatic rings. The quantitative estimate of drug-likeness (QED) is 0.374. The predicted molar refractivity (Wildman–Crippen MR) is 30.6 cm³/mol. The van der Waals surface area contributed by atoms with Gasteiger partial charge in [-0.05, 0) is 11.5 Å². The van der Waals surface area contributed by atoms with Crippen LogP contribution in [0.25, 0.3) is 0 Å². The summed E-state index contributed by atoms with van der Waals surface area (Å²) in [7, 11) is -0.592. The van der Waals surface area contributed by atoms with Gasteiger partial charge in [0, 0.05) is 0 Å². The summed E-state index contributed by atoms with van der Waals surface area (Å²) in [6.07, 6.45) is 0. The molecule has 2 nitrogen and oxygen atoms in total. The van der Waals surface area contributed by atoms with Gasteiger partial charge in [-0.1, -0.05) is 0 Å². The second kappa shape index (κ2) is 9.14. The SMILES string of the molecule is CCO[PH+]=O.[AlH3]. The zero-order chi connectivity index (χ0) is 4.12. The first kappa shape index (κ1) is 9.78. The van der Waals surface area contributed by atoms with Crippen molar-refractivity contribution in [3.8, 4) is 0 Å². The highest BCUT2D eigenvalue weighted by Gasteiger charge is 1.76. The largest absolute Gasteiger partial charge is 0.494 e. The lowest BCUT2D eigenvalue weighted by Crippen LogP contribution is -1.65. The van der Waals surface area contributed by atoms with E-state index in [0.717, 1.165) is 0 Å². The summed E-state index contributed by atoms with van der Waals surface area (Å²) in [5.41, 5.74) is 0. The van der Waals surface area contributed by atoms with E-state index in [1.54, 1.807) is 6.92 Å². The molecule has 0 amide bonds. The van der Waals surface area contributed by atoms with Crippen LogP contribution in [0, 0.1) is 0 Å². The van der Waals surface area contributed by atoms with Crippen LogP contribution in [0.3, 0.4) is 0 Å². The standard InChI is InChI=1S/C2H6O2P.Al.3H/c1-2-4-5-3;;;;/h5H,2H2,1H3;;;;/q+1;;;;. The Morgan fingerprint density at radius 2 is 2.33 bits per heavy atom. The molecule has 0 aromatic rings. The molecule has 0 N–H and O–H groups in total. The van der Waals surface area contributed by atoms with Crippen LogP contribution in [0.15, 0.2) is 0 Å². The minimum Gasteiger partial charge on any atom is -0.148 e. The van der Waals surface area contributed by atoms with E-state index < -0.39 is 8.69 Å². The van der Waals surface area contributed by atoms with Crippen molar-refractivity contribution in [2.24, 2.45) is 0 Å². The maximum absolute atomic E-state index is 9.34. The van der Waals surface area contributed by atoms with Gasteiger partial charge in [-0.25, -0.2) is 0 Å². The molecular formula is C2H9AlO2P+. The van der Waals surface area contributed by atoms with Gasteiger partial charge in [-0.3, -0.25) is 0 Å². The molecule has 1 unspecified atom stereocenters. The van der Waals surface area contributed by atoms with Crippen molar-refractivity contribution in [3.05, 3.63) is 0 Å². The van der Waals surface area contributed by atoms with Crippen molar-refractivity contribution in [1.29, 1.82) is 0 Å². The summed E-state index contributed by atoms with van der Waals surface area (Å²) in [5.74, 6) is 0. The topological polar surface area (TPSA) is 26.3 Å². The van der Waals surface area contributed by atoms with Crippen LogP contribution >= 0.6 is 8.69 Å². The monoisotopic (exact) mass is 123 g/mol. The Labute approximate surface area is 49.3 Å². The van der Waals surface area contributed by atoms with Gasteiger partial charge in [0.15, 0.2) is 17.4 Å². The third kappa shape index (κ3) is 8.82. The van der Waals surface area contributed by atoms with Crippen LogP contribution in [0.4, 0.5) is 0 Å². The lowest BCUT2D eigenvalue weighted by molar-refractivity contribution is 0.365. The van der Waals surface area contributed by atoms with E-state index in [9.17, 15) is 4.57 Å². The van der Waals surface area contributed by atoms with E-state index in [-0.39, 0.29) is 17.4 Å². The van der Waals surface area contributed by atoms with Crippen LogP contribution in [-0.2, 0) is 9.09 Å². The molecule has 36 valence electrons. The average Bonchev–Trinajstić information content (AvgIpc) is 1.41. The fourth-order valence-electron chi connectivity index (χ4n) is 0.0589. The Hall–Kier alpha value is 0.592. The molecule has 1 atom stereocenters. The highest BCUT2D eigenvalue weighted by atomic mass is 31.1. The Balaban J connectivity index is 0. The Bertz CT molecular complexity index is 32.7. The van der Waals surface area contributed by atoms with Gasteiger partial charge in [0.05, 0.1) is 6.61 Å². The summed E-state index contributed by atoms with van der Waals surface area (Å²) < 4.78 is 13.6. The van der Waals surface area contributed by atoms with E-state index in [2.05, 4.69) is 4.52 Å². The minimum absolute atomic E-state index is 0. The Morgan fingerprint density at radius 1 is 1.83 bits per heavy atom. The van der Waals surface area contributed by atoms with Crippen molar-refractivity contribution >= 4 is 26.0 Å². The van der Waals surface area contributed by atoms with Crippen molar-refractivity contribution in [2.75, 3.05) is 6.61 Å². The summed E-state index contributed by atoms with van der Waals surface area (Å²) in [6, 6.07) is 0. The van der Waals surface area contributed by atoms with E-state index >= 15 is 0 Å². The van der Waals surface area contributed by atoms with Gasteiger partial charge in [0.25, 0.3) is 0 Å². The minimum atomic E-state index is -0.592. The second-order valence-corrected chi connectivity index (χ2v) is 0.972. The van der Waals surface area contributed by atoms with Gasteiger partial charge in [-0.2, -0.15) is 0 Å². The van der Waals surface area contributed by atoms with Gasteiger partial charge in [0.1, 0.15) is 0 Å². The lowest BCUT2D eigenvalue weighted by atomic mass is 10.9.